The van der Waals surface area contributed by atoms with Gasteiger partial charge in [0.25, 0.3) is 11.8 Å². The van der Waals surface area contributed by atoms with Crippen molar-refractivity contribution < 1.29 is 27.1 Å². The molecule has 0 radical (unpaired) electrons. The van der Waals surface area contributed by atoms with Crippen molar-refractivity contribution in [2.24, 2.45) is 5.73 Å². The summed E-state index contributed by atoms with van der Waals surface area (Å²) < 4.78 is 55.0. The molecule has 6 nitrogen and oxygen atoms in total. The van der Waals surface area contributed by atoms with Crippen LogP contribution in [0.3, 0.4) is 0 Å². The van der Waals surface area contributed by atoms with Crippen LogP contribution in [0.4, 0.5) is 17.6 Å². The van der Waals surface area contributed by atoms with E-state index in [0.717, 1.165) is 6.20 Å². The van der Waals surface area contributed by atoms with E-state index in [-0.39, 0.29) is 29.4 Å². The van der Waals surface area contributed by atoms with Gasteiger partial charge in [-0.15, -0.1) is 12.4 Å². The van der Waals surface area contributed by atoms with E-state index in [2.05, 4.69) is 20.3 Å². The van der Waals surface area contributed by atoms with Gasteiger partial charge in [0.05, 0.1) is 30.5 Å². The number of amides is 1. The van der Waals surface area contributed by atoms with Crippen molar-refractivity contribution in [1.29, 1.82) is 0 Å². The van der Waals surface area contributed by atoms with Crippen molar-refractivity contribution >= 4 is 18.3 Å². The molecule has 2 aromatic rings. The summed E-state index contributed by atoms with van der Waals surface area (Å²) in [5, 5.41) is 8.27. The monoisotopic (exact) mass is 382 g/mol. The Morgan fingerprint density at radius 2 is 2.12 bits per heavy atom. The van der Waals surface area contributed by atoms with Gasteiger partial charge in [0, 0.05) is 5.56 Å². The minimum atomic E-state index is -3.23. The zero-order chi connectivity index (χ0) is 17.7. The molecule has 0 unspecified atom stereocenters. The average Bonchev–Trinajstić information content (AvgIpc) is 3.02. The zero-order valence-corrected chi connectivity index (χ0v) is 13.5. The zero-order valence-electron chi connectivity index (χ0n) is 12.6. The molecule has 25 heavy (non-hydrogen) atoms. The number of nitrogens with zero attached hydrogens (tertiary/aromatic N) is 1. The normalized spacial score (nSPS) is 11.1. The molecule has 0 fully saturated rings. The molecule has 1 amide bonds. The number of aromatic amines is 1. The van der Waals surface area contributed by atoms with E-state index in [0.29, 0.717) is 5.56 Å². The summed E-state index contributed by atoms with van der Waals surface area (Å²) in [6.07, 6.45) is 1.14. The van der Waals surface area contributed by atoms with Gasteiger partial charge in [0.15, 0.2) is 0 Å². The number of halogens is 5. The second-order valence-corrected chi connectivity index (χ2v) is 4.81. The SMILES string of the molecule is Cl.NCC(F)(F)CNC(=O)c1cn[nH]c1-c1cccc(OC(F)F)c1. The Balaban J connectivity index is 0.00000312. The molecule has 2 rings (SSSR count). The third-order valence-electron chi connectivity index (χ3n) is 3.04. The molecule has 138 valence electrons. The number of alkyl halides is 4. The van der Waals surface area contributed by atoms with E-state index in [4.69, 9.17) is 5.73 Å². The Kier molecular flexibility index (Phi) is 7.19. The molecular weight excluding hydrogens is 368 g/mol. The first-order valence-electron chi connectivity index (χ1n) is 6.77. The van der Waals surface area contributed by atoms with Crippen LogP contribution in [0.2, 0.25) is 0 Å². The molecule has 0 aliphatic rings. The highest BCUT2D eigenvalue weighted by Gasteiger charge is 2.28. The summed E-state index contributed by atoms with van der Waals surface area (Å²) in [6.45, 7) is -4.83. The van der Waals surface area contributed by atoms with Gasteiger partial charge >= 0.3 is 6.61 Å². The van der Waals surface area contributed by atoms with Gasteiger partial charge in [-0.05, 0) is 12.1 Å². The van der Waals surface area contributed by atoms with Crippen molar-refractivity contribution in [3.63, 3.8) is 0 Å². The highest BCUT2D eigenvalue weighted by Crippen LogP contribution is 2.26. The lowest BCUT2D eigenvalue weighted by Crippen LogP contribution is -2.41. The molecular formula is C14H15ClF4N4O2. The quantitative estimate of drug-likeness (QED) is 0.641. The molecule has 0 spiro atoms. The van der Waals surface area contributed by atoms with Crippen LogP contribution in [0.25, 0.3) is 11.3 Å². The fourth-order valence-electron chi connectivity index (χ4n) is 1.88. The number of hydrogen-bond donors (Lipinski definition) is 3. The molecule has 0 saturated heterocycles. The lowest BCUT2D eigenvalue weighted by Gasteiger charge is -2.14. The van der Waals surface area contributed by atoms with E-state index in [1.165, 1.54) is 24.3 Å². The molecule has 0 bridgehead atoms. The van der Waals surface area contributed by atoms with Crippen molar-refractivity contribution in [1.82, 2.24) is 15.5 Å². The van der Waals surface area contributed by atoms with Crippen LogP contribution in [-0.4, -0.2) is 41.7 Å². The Bertz CT molecular complexity index is 712. The number of benzene rings is 1. The number of H-pyrrole nitrogens is 1. The van der Waals surface area contributed by atoms with Crippen LogP contribution < -0.4 is 15.8 Å². The van der Waals surface area contributed by atoms with Gasteiger partial charge in [-0.2, -0.15) is 13.9 Å². The third kappa shape index (κ3) is 5.61. The summed E-state index contributed by atoms with van der Waals surface area (Å²) >= 11 is 0. The summed E-state index contributed by atoms with van der Waals surface area (Å²) in [4.78, 5) is 12.0. The summed E-state index contributed by atoms with van der Waals surface area (Å²) in [6, 6.07) is 5.55. The first-order chi connectivity index (χ1) is 11.3. The number of nitrogens with one attached hydrogen (secondary N) is 2. The Labute approximate surface area is 146 Å². The molecule has 0 atom stereocenters. The summed E-state index contributed by atoms with van der Waals surface area (Å²) in [5.41, 5.74) is 5.40. The first-order valence-corrected chi connectivity index (χ1v) is 6.77. The van der Waals surface area contributed by atoms with Crippen LogP contribution in [0, 0.1) is 0 Å². The van der Waals surface area contributed by atoms with Crippen LogP contribution in [0.15, 0.2) is 30.5 Å². The van der Waals surface area contributed by atoms with Crippen molar-refractivity contribution in [3.8, 4) is 17.0 Å². The maximum absolute atomic E-state index is 13.1. The largest absolute Gasteiger partial charge is 0.435 e. The van der Waals surface area contributed by atoms with Gasteiger partial charge in [-0.1, -0.05) is 12.1 Å². The number of nitrogens with two attached hydrogens (primary N) is 1. The van der Waals surface area contributed by atoms with Crippen LogP contribution >= 0.6 is 12.4 Å². The molecule has 4 N–H and O–H groups in total. The number of rotatable bonds is 7. The fourth-order valence-corrected chi connectivity index (χ4v) is 1.88. The summed E-state index contributed by atoms with van der Waals surface area (Å²) in [5.74, 6) is -4.14. The molecule has 11 heteroatoms. The second-order valence-electron chi connectivity index (χ2n) is 4.81. The molecule has 1 aromatic carbocycles. The van der Waals surface area contributed by atoms with Crippen molar-refractivity contribution in [3.05, 3.63) is 36.0 Å². The number of ether oxygens (including phenoxy) is 1. The van der Waals surface area contributed by atoms with Crippen LogP contribution in [-0.2, 0) is 0 Å². The lowest BCUT2D eigenvalue weighted by atomic mass is 10.1. The second kappa shape index (κ2) is 8.67. The third-order valence-corrected chi connectivity index (χ3v) is 3.04. The summed E-state index contributed by atoms with van der Waals surface area (Å²) in [7, 11) is 0. The van der Waals surface area contributed by atoms with Gasteiger partial charge < -0.3 is 15.8 Å². The molecule has 1 heterocycles. The number of hydrogen-bond acceptors (Lipinski definition) is 4. The average molecular weight is 383 g/mol. The minimum Gasteiger partial charge on any atom is -0.435 e. The van der Waals surface area contributed by atoms with E-state index in [9.17, 15) is 22.4 Å². The number of aromatic nitrogens is 2. The maximum atomic E-state index is 13.1. The highest BCUT2D eigenvalue weighted by molar-refractivity contribution is 5.99. The molecule has 1 aromatic heterocycles. The molecule has 0 saturated carbocycles. The smallest absolute Gasteiger partial charge is 0.387 e. The van der Waals surface area contributed by atoms with Crippen molar-refractivity contribution in [2.75, 3.05) is 13.1 Å². The van der Waals surface area contributed by atoms with Crippen LogP contribution in [0.1, 0.15) is 10.4 Å². The first kappa shape index (κ1) is 20.7. The fraction of sp³-hybridized carbons (Fsp3) is 0.286. The van der Waals surface area contributed by atoms with Gasteiger partial charge in [0.2, 0.25) is 0 Å². The Morgan fingerprint density at radius 3 is 2.76 bits per heavy atom. The standard InChI is InChI=1S/C14H14F4N4O2.ClH/c15-13(16)24-9-3-1-2-8(4-9)11-10(5-21-22-11)12(23)20-7-14(17,18)6-19;/h1-5,13H,6-7,19H2,(H,20,23)(H,21,22);1H. The topological polar surface area (TPSA) is 93.0 Å². The van der Waals surface area contributed by atoms with Crippen molar-refractivity contribution in [2.45, 2.75) is 12.5 Å². The van der Waals surface area contributed by atoms with Gasteiger partial charge in [-0.25, -0.2) is 8.78 Å². The Morgan fingerprint density at radius 1 is 1.40 bits per heavy atom. The van der Waals surface area contributed by atoms with Gasteiger partial charge in [0.1, 0.15) is 5.75 Å². The highest BCUT2D eigenvalue weighted by atomic mass is 35.5. The minimum absolute atomic E-state index is 0. The van der Waals surface area contributed by atoms with E-state index < -0.39 is 31.5 Å². The lowest BCUT2D eigenvalue weighted by molar-refractivity contribution is -0.0498. The van der Waals surface area contributed by atoms with E-state index >= 15 is 0 Å². The predicted molar refractivity (Wildman–Crippen MR) is 84.2 cm³/mol. The van der Waals surface area contributed by atoms with Crippen LogP contribution in [0.5, 0.6) is 5.75 Å². The molecule has 0 aliphatic heterocycles. The Hall–Kier alpha value is -2.33. The molecule has 0 aliphatic carbocycles. The number of carbonyl (C=O) groups excluding carboxylic acids is 1. The maximum Gasteiger partial charge on any atom is 0.387 e. The number of carbonyl (C=O) groups is 1. The van der Waals surface area contributed by atoms with Gasteiger partial charge in [-0.3, -0.25) is 9.89 Å². The van der Waals surface area contributed by atoms with E-state index in [1.807, 2.05) is 0 Å². The van der Waals surface area contributed by atoms with E-state index in [1.54, 1.807) is 0 Å². The predicted octanol–water partition coefficient (Wildman–Crippen LogP) is 2.42.